The van der Waals surface area contributed by atoms with E-state index in [1.807, 2.05) is 16.2 Å². The van der Waals surface area contributed by atoms with Gasteiger partial charge in [-0.1, -0.05) is 30.6 Å². The molecule has 2 saturated heterocycles. The number of urea groups is 1. The number of thiazole rings is 1. The van der Waals surface area contributed by atoms with E-state index >= 15 is 0 Å². The van der Waals surface area contributed by atoms with Crippen molar-refractivity contribution < 1.29 is 4.79 Å². The number of carbonyl (C=O) groups is 1. The Labute approximate surface area is 159 Å². The van der Waals surface area contributed by atoms with Gasteiger partial charge in [0.05, 0.1) is 12.2 Å². The fourth-order valence-electron chi connectivity index (χ4n) is 5.07. The van der Waals surface area contributed by atoms with Crippen molar-refractivity contribution >= 4 is 22.5 Å². The van der Waals surface area contributed by atoms with E-state index in [2.05, 4.69) is 15.5 Å². The van der Waals surface area contributed by atoms with Crippen LogP contribution in [0.1, 0.15) is 55.5 Å². The van der Waals surface area contributed by atoms with Gasteiger partial charge in [-0.15, -0.1) is 0 Å². The Bertz CT molecular complexity index is 655. The summed E-state index contributed by atoms with van der Waals surface area (Å²) in [5, 5.41) is 8.00. The summed E-state index contributed by atoms with van der Waals surface area (Å²) in [6.07, 6.45) is 9.54. The Morgan fingerprint density at radius 3 is 2.65 bits per heavy atom. The van der Waals surface area contributed by atoms with Crippen LogP contribution < -0.4 is 15.5 Å². The Morgan fingerprint density at radius 2 is 1.88 bits per heavy atom. The van der Waals surface area contributed by atoms with Gasteiger partial charge in [-0.2, -0.15) is 0 Å². The van der Waals surface area contributed by atoms with Crippen molar-refractivity contribution in [3.05, 3.63) is 10.6 Å². The van der Waals surface area contributed by atoms with Crippen LogP contribution in [-0.2, 0) is 13.0 Å². The summed E-state index contributed by atoms with van der Waals surface area (Å²) in [7, 11) is 0. The van der Waals surface area contributed by atoms with Gasteiger partial charge >= 0.3 is 6.03 Å². The van der Waals surface area contributed by atoms with E-state index in [9.17, 15) is 4.79 Å². The highest BCUT2D eigenvalue weighted by Crippen LogP contribution is 2.38. The molecular weight excluding hydrogens is 346 g/mol. The number of amides is 2. The average molecular weight is 376 g/mol. The molecule has 0 aromatic carbocycles. The van der Waals surface area contributed by atoms with Gasteiger partial charge in [0.15, 0.2) is 5.13 Å². The molecule has 7 heteroatoms. The first kappa shape index (κ1) is 16.8. The lowest BCUT2D eigenvalue weighted by Crippen LogP contribution is -2.51. The number of carbonyl (C=O) groups excluding carboxylic acids is 1. The number of rotatable bonds is 2. The van der Waals surface area contributed by atoms with Crippen LogP contribution >= 0.6 is 11.3 Å². The molecular formula is C19H29N5OS. The van der Waals surface area contributed by atoms with Crippen LogP contribution in [0.4, 0.5) is 9.93 Å². The first-order valence-electron chi connectivity index (χ1n) is 10.3. The molecule has 5 rings (SSSR count). The van der Waals surface area contributed by atoms with E-state index in [0.717, 1.165) is 45.4 Å². The number of hydrogen-bond donors (Lipinski definition) is 2. The van der Waals surface area contributed by atoms with Gasteiger partial charge in [0.1, 0.15) is 0 Å². The summed E-state index contributed by atoms with van der Waals surface area (Å²) >= 11 is 1.82. The fraction of sp³-hybridized carbons (Fsp3) is 0.789. The zero-order valence-electron chi connectivity index (χ0n) is 15.4. The minimum absolute atomic E-state index is 0.125. The Kier molecular flexibility index (Phi) is 4.52. The number of aromatic nitrogens is 1. The van der Waals surface area contributed by atoms with E-state index in [4.69, 9.17) is 4.98 Å². The van der Waals surface area contributed by atoms with Crippen molar-refractivity contribution in [2.75, 3.05) is 24.5 Å². The third-order valence-corrected chi connectivity index (χ3v) is 7.64. The number of fused-ring (bicyclic) bond motifs is 3. The molecule has 26 heavy (non-hydrogen) atoms. The first-order valence-corrected chi connectivity index (χ1v) is 11.1. The standard InChI is InChI=1S/C19H29N5OS/c25-18(21-13-4-2-1-3-5-13)23-9-8-16-17(12-23)26-19(22-16)24-14-6-7-15(24)11-20-10-14/h13-15,20H,1-12H2,(H,21,25). The van der Waals surface area contributed by atoms with E-state index in [0.29, 0.717) is 18.1 Å². The highest BCUT2D eigenvalue weighted by atomic mass is 32.1. The van der Waals surface area contributed by atoms with Gasteiger partial charge in [-0.25, -0.2) is 9.78 Å². The molecule has 4 aliphatic rings. The molecule has 2 N–H and O–H groups in total. The smallest absolute Gasteiger partial charge is 0.317 e. The second kappa shape index (κ2) is 7.00. The van der Waals surface area contributed by atoms with Crippen LogP contribution in [0, 0.1) is 0 Å². The van der Waals surface area contributed by atoms with Crippen LogP contribution in [0.15, 0.2) is 0 Å². The SMILES string of the molecule is O=C(NC1CCCCC1)N1CCc2nc(N3C4CCC3CNC4)sc2C1. The number of nitrogens with zero attached hydrogens (tertiary/aromatic N) is 3. The molecule has 6 nitrogen and oxygen atoms in total. The van der Waals surface area contributed by atoms with Crippen LogP contribution in [0.2, 0.25) is 0 Å². The summed E-state index contributed by atoms with van der Waals surface area (Å²) in [4.78, 5) is 23.5. The Morgan fingerprint density at radius 1 is 1.12 bits per heavy atom. The molecule has 0 radical (unpaired) electrons. The van der Waals surface area contributed by atoms with E-state index in [1.165, 1.54) is 47.8 Å². The predicted molar refractivity (Wildman–Crippen MR) is 104 cm³/mol. The maximum atomic E-state index is 12.7. The number of nitrogens with one attached hydrogen (secondary N) is 2. The van der Waals surface area contributed by atoms with E-state index in [-0.39, 0.29) is 6.03 Å². The molecule has 0 spiro atoms. The molecule has 1 aromatic heterocycles. The lowest BCUT2D eigenvalue weighted by atomic mass is 9.96. The molecule has 4 heterocycles. The monoisotopic (exact) mass is 375 g/mol. The maximum absolute atomic E-state index is 12.7. The third kappa shape index (κ3) is 3.09. The molecule has 1 aromatic rings. The Balaban J connectivity index is 1.26. The average Bonchev–Trinajstić information content (AvgIpc) is 3.19. The summed E-state index contributed by atoms with van der Waals surface area (Å²) in [6, 6.07) is 1.71. The normalized spacial score (nSPS) is 28.9. The van der Waals surface area contributed by atoms with Gasteiger partial charge in [0.25, 0.3) is 0 Å². The molecule has 2 amide bonds. The molecule has 2 unspecified atom stereocenters. The molecule has 2 bridgehead atoms. The van der Waals surface area contributed by atoms with Crippen LogP contribution in [0.3, 0.4) is 0 Å². The Hall–Kier alpha value is -1.34. The number of hydrogen-bond acceptors (Lipinski definition) is 5. The van der Waals surface area contributed by atoms with Crippen molar-refractivity contribution in [3.8, 4) is 0 Å². The van der Waals surface area contributed by atoms with Crippen LogP contribution in [0.25, 0.3) is 0 Å². The van der Waals surface area contributed by atoms with Gasteiger partial charge in [0.2, 0.25) is 0 Å². The summed E-state index contributed by atoms with van der Waals surface area (Å²) in [5.41, 5.74) is 1.23. The van der Waals surface area contributed by atoms with Crippen molar-refractivity contribution in [3.63, 3.8) is 0 Å². The predicted octanol–water partition coefficient (Wildman–Crippen LogP) is 2.48. The number of piperazine rings is 1. The van der Waals surface area contributed by atoms with Gasteiger partial charge in [0, 0.05) is 49.1 Å². The van der Waals surface area contributed by atoms with Crippen LogP contribution in [-0.4, -0.2) is 53.7 Å². The summed E-state index contributed by atoms with van der Waals surface area (Å²) in [6.45, 7) is 3.68. The minimum atomic E-state index is 0.125. The molecule has 3 fully saturated rings. The molecule has 1 saturated carbocycles. The topological polar surface area (TPSA) is 60.5 Å². The van der Waals surface area contributed by atoms with E-state index in [1.54, 1.807) is 0 Å². The lowest BCUT2D eigenvalue weighted by molar-refractivity contribution is 0.185. The second-order valence-electron chi connectivity index (χ2n) is 8.27. The largest absolute Gasteiger partial charge is 0.340 e. The first-order chi connectivity index (χ1) is 12.8. The maximum Gasteiger partial charge on any atom is 0.317 e. The molecule has 2 atom stereocenters. The highest BCUT2D eigenvalue weighted by molar-refractivity contribution is 7.15. The second-order valence-corrected chi connectivity index (χ2v) is 9.33. The van der Waals surface area contributed by atoms with Crippen molar-refractivity contribution in [1.82, 2.24) is 20.5 Å². The quantitative estimate of drug-likeness (QED) is 0.834. The third-order valence-electron chi connectivity index (χ3n) is 6.54. The van der Waals surface area contributed by atoms with Crippen molar-refractivity contribution in [1.29, 1.82) is 0 Å². The highest BCUT2D eigenvalue weighted by Gasteiger charge is 2.39. The minimum Gasteiger partial charge on any atom is -0.340 e. The number of anilines is 1. The van der Waals surface area contributed by atoms with Gasteiger partial charge < -0.3 is 20.4 Å². The van der Waals surface area contributed by atoms with Crippen molar-refractivity contribution in [2.45, 2.75) is 76.0 Å². The summed E-state index contributed by atoms with van der Waals surface area (Å²) in [5.74, 6) is 0. The lowest BCUT2D eigenvalue weighted by Gasteiger charge is -2.35. The van der Waals surface area contributed by atoms with Crippen molar-refractivity contribution in [2.24, 2.45) is 0 Å². The van der Waals surface area contributed by atoms with Gasteiger partial charge in [-0.05, 0) is 25.7 Å². The van der Waals surface area contributed by atoms with E-state index < -0.39 is 0 Å². The zero-order chi connectivity index (χ0) is 17.5. The molecule has 3 aliphatic heterocycles. The molecule has 142 valence electrons. The fourth-order valence-corrected chi connectivity index (χ4v) is 6.33. The zero-order valence-corrected chi connectivity index (χ0v) is 16.2. The summed E-state index contributed by atoms with van der Waals surface area (Å²) < 4.78 is 0. The van der Waals surface area contributed by atoms with Crippen LogP contribution in [0.5, 0.6) is 0 Å². The van der Waals surface area contributed by atoms with Gasteiger partial charge in [-0.3, -0.25) is 0 Å². The molecule has 1 aliphatic carbocycles.